The number of carbonyl (C=O) groups is 1. The summed E-state index contributed by atoms with van der Waals surface area (Å²) in [6.45, 7) is 2.43. The predicted molar refractivity (Wildman–Crippen MR) is 86.9 cm³/mol. The highest BCUT2D eigenvalue weighted by molar-refractivity contribution is 9.10. The summed E-state index contributed by atoms with van der Waals surface area (Å²) < 4.78 is 6.64. The summed E-state index contributed by atoms with van der Waals surface area (Å²) in [5.41, 5.74) is 2.74. The molecule has 0 aromatic heterocycles. The number of benzene rings is 2. The smallest absolute Gasteiger partial charge is 0.267 e. The van der Waals surface area contributed by atoms with E-state index in [0.717, 1.165) is 21.4 Å². The van der Waals surface area contributed by atoms with E-state index >= 15 is 0 Å². The van der Waals surface area contributed by atoms with E-state index < -0.39 is 6.10 Å². The summed E-state index contributed by atoms with van der Waals surface area (Å²) in [5, 5.41) is 6.11. The molecule has 1 aliphatic heterocycles. The largest absolute Gasteiger partial charge is 0.477 e. The topological polar surface area (TPSA) is 50.4 Å². The van der Waals surface area contributed by atoms with Crippen molar-refractivity contribution in [2.45, 2.75) is 13.0 Å². The molecule has 1 unspecified atom stereocenters. The van der Waals surface area contributed by atoms with Gasteiger partial charge in [-0.05, 0) is 46.6 Å². The van der Waals surface area contributed by atoms with Gasteiger partial charge in [0.1, 0.15) is 5.75 Å². The van der Waals surface area contributed by atoms with Crippen molar-refractivity contribution in [2.75, 3.05) is 17.2 Å². The van der Waals surface area contributed by atoms with Gasteiger partial charge in [0.2, 0.25) is 0 Å². The molecule has 4 nitrogen and oxygen atoms in total. The Morgan fingerprint density at radius 3 is 2.95 bits per heavy atom. The second-order valence-corrected chi connectivity index (χ2v) is 5.70. The van der Waals surface area contributed by atoms with E-state index in [9.17, 15) is 4.79 Å². The van der Waals surface area contributed by atoms with Crippen molar-refractivity contribution in [3.05, 3.63) is 52.5 Å². The highest BCUT2D eigenvalue weighted by Gasteiger charge is 2.26. The molecule has 1 atom stereocenters. The van der Waals surface area contributed by atoms with Gasteiger partial charge in [0.15, 0.2) is 6.10 Å². The summed E-state index contributed by atoms with van der Waals surface area (Å²) in [7, 11) is 0. The number of nitrogens with one attached hydrogen (secondary N) is 2. The quantitative estimate of drug-likeness (QED) is 0.873. The van der Waals surface area contributed by atoms with Gasteiger partial charge in [-0.15, -0.1) is 0 Å². The fourth-order valence-electron chi connectivity index (χ4n) is 2.22. The summed E-state index contributed by atoms with van der Waals surface area (Å²) >= 11 is 3.49. The molecule has 0 bridgehead atoms. The number of hydrogen-bond donors (Lipinski definition) is 2. The lowest BCUT2D eigenvalue weighted by Gasteiger charge is -2.26. The summed E-state index contributed by atoms with van der Waals surface area (Å²) in [5.74, 6) is 0.538. The van der Waals surface area contributed by atoms with E-state index in [1.165, 1.54) is 0 Å². The zero-order valence-corrected chi connectivity index (χ0v) is 13.1. The van der Waals surface area contributed by atoms with Crippen LogP contribution in [-0.2, 0) is 4.79 Å². The van der Waals surface area contributed by atoms with E-state index in [1.54, 1.807) is 0 Å². The molecular formula is C16H15BrN2O2. The van der Waals surface area contributed by atoms with Crippen LogP contribution in [0.3, 0.4) is 0 Å². The predicted octanol–water partition coefficient (Wildman–Crippen LogP) is 3.57. The van der Waals surface area contributed by atoms with Crippen LogP contribution in [0.25, 0.3) is 0 Å². The van der Waals surface area contributed by atoms with Gasteiger partial charge in [-0.2, -0.15) is 0 Å². The number of aryl methyl sites for hydroxylation is 1. The maximum Gasteiger partial charge on any atom is 0.267 e. The third kappa shape index (κ3) is 2.88. The van der Waals surface area contributed by atoms with Crippen molar-refractivity contribution in [3.63, 3.8) is 0 Å². The number of fused-ring (bicyclic) bond motifs is 1. The molecule has 21 heavy (non-hydrogen) atoms. The van der Waals surface area contributed by atoms with Gasteiger partial charge >= 0.3 is 0 Å². The molecule has 3 rings (SSSR count). The molecule has 0 fully saturated rings. The molecular weight excluding hydrogens is 332 g/mol. The van der Waals surface area contributed by atoms with Crippen LogP contribution in [0.15, 0.2) is 46.9 Å². The summed E-state index contributed by atoms with van der Waals surface area (Å²) in [6, 6.07) is 13.3. The Balaban J connectivity index is 1.74. The highest BCUT2D eigenvalue weighted by Crippen LogP contribution is 2.29. The number of para-hydroxylation sites is 2. The van der Waals surface area contributed by atoms with Crippen LogP contribution in [0.5, 0.6) is 5.75 Å². The Kier molecular flexibility index (Phi) is 3.84. The first-order valence-corrected chi connectivity index (χ1v) is 7.50. The van der Waals surface area contributed by atoms with Crippen LogP contribution < -0.4 is 15.4 Å². The SMILES string of the molecule is Cc1cccc(NC(=O)C2CNc3ccccc3O2)c1Br. The van der Waals surface area contributed by atoms with E-state index in [2.05, 4.69) is 26.6 Å². The summed E-state index contributed by atoms with van der Waals surface area (Å²) in [6.07, 6.45) is -0.549. The van der Waals surface area contributed by atoms with E-state index in [0.29, 0.717) is 12.3 Å². The normalized spacial score (nSPS) is 16.4. The minimum Gasteiger partial charge on any atom is -0.477 e. The average Bonchev–Trinajstić information content (AvgIpc) is 2.51. The van der Waals surface area contributed by atoms with E-state index in [1.807, 2.05) is 49.4 Å². The lowest BCUT2D eigenvalue weighted by Crippen LogP contribution is -2.41. The van der Waals surface area contributed by atoms with Crippen molar-refractivity contribution in [2.24, 2.45) is 0 Å². The molecule has 2 aromatic carbocycles. The number of ether oxygens (including phenoxy) is 1. The zero-order chi connectivity index (χ0) is 14.8. The van der Waals surface area contributed by atoms with Crippen LogP contribution in [-0.4, -0.2) is 18.6 Å². The van der Waals surface area contributed by atoms with Gasteiger partial charge in [-0.25, -0.2) is 0 Å². The number of carbonyl (C=O) groups excluding carboxylic acids is 1. The van der Waals surface area contributed by atoms with Crippen LogP contribution in [0.4, 0.5) is 11.4 Å². The van der Waals surface area contributed by atoms with Crippen LogP contribution in [0.2, 0.25) is 0 Å². The molecule has 0 saturated carbocycles. The maximum atomic E-state index is 12.3. The lowest BCUT2D eigenvalue weighted by molar-refractivity contribution is -0.122. The first-order valence-electron chi connectivity index (χ1n) is 6.70. The van der Waals surface area contributed by atoms with Gasteiger partial charge in [-0.3, -0.25) is 4.79 Å². The molecule has 5 heteroatoms. The van der Waals surface area contributed by atoms with Crippen molar-refractivity contribution in [1.82, 2.24) is 0 Å². The Morgan fingerprint density at radius 2 is 2.10 bits per heavy atom. The molecule has 1 aliphatic rings. The Hall–Kier alpha value is -2.01. The number of amides is 1. The Morgan fingerprint density at radius 1 is 1.29 bits per heavy atom. The van der Waals surface area contributed by atoms with Crippen LogP contribution in [0, 0.1) is 6.92 Å². The fourth-order valence-corrected chi connectivity index (χ4v) is 2.58. The van der Waals surface area contributed by atoms with E-state index in [4.69, 9.17) is 4.74 Å². The number of halogens is 1. The zero-order valence-electron chi connectivity index (χ0n) is 11.5. The third-order valence-electron chi connectivity index (χ3n) is 3.38. The Labute approximate surface area is 131 Å². The summed E-state index contributed by atoms with van der Waals surface area (Å²) in [4.78, 5) is 12.3. The van der Waals surface area contributed by atoms with Crippen LogP contribution in [0.1, 0.15) is 5.56 Å². The van der Waals surface area contributed by atoms with Crippen molar-refractivity contribution in [1.29, 1.82) is 0 Å². The third-order valence-corrected chi connectivity index (χ3v) is 4.43. The van der Waals surface area contributed by atoms with E-state index in [-0.39, 0.29) is 5.91 Å². The molecule has 1 heterocycles. The van der Waals surface area contributed by atoms with Gasteiger partial charge in [0, 0.05) is 4.47 Å². The standard InChI is InChI=1S/C16H15BrN2O2/c1-10-5-4-7-12(15(10)17)19-16(20)14-9-18-11-6-2-3-8-13(11)21-14/h2-8,14,18H,9H2,1H3,(H,19,20). The number of anilines is 2. The van der Waals surface area contributed by atoms with Gasteiger partial charge in [0.05, 0.1) is 17.9 Å². The molecule has 0 saturated heterocycles. The van der Waals surface area contributed by atoms with Gasteiger partial charge in [-0.1, -0.05) is 24.3 Å². The first kappa shape index (κ1) is 13.9. The van der Waals surface area contributed by atoms with Crippen molar-refractivity contribution >= 4 is 33.2 Å². The minimum atomic E-state index is -0.549. The minimum absolute atomic E-state index is 0.164. The van der Waals surface area contributed by atoms with Gasteiger partial charge < -0.3 is 15.4 Å². The Bertz CT molecular complexity index is 688. The molecule has 2 aromatic rings. The van der Waals surface area contributed by atoms with Crippen molar-refractivity contribution < 1.29 is 9.53 Å². The molecule has 0 aliphatic carbocycles. The molecule has 2 N–H and O–H groups in total. The molecule has 108 valence electrons. The van der Waals surface area contributed by atoms with Crippen LogP contribution >= 0.6 is 15.9 Å². The highest BCUT2D eigenvalue weighted by atomic mass is 79.9. The number of rotatable bonds is 2. The second-order valence-electron chi connectivity index (χ2n) is 4.91. The molecule has 1 amide bonds. The monoisotopic (exact) mass is 346 g/mol. The average molecular weight is 347 g/mol. The fraction of sp³-hybridized carbons (Fsp3) is 0.188. The first-order chi connectivity index (χ1) is 10.1. The van der Waals surface area contributed by atoms with Gasteiger partial charge in [0.25, 0.3) is 5.91 Å². The lowest BCUT2D eigenvalue weighted by atomic mass is 10.2. The number of hydrogen-bond acceptors (Lipinski definition) is 3. The molecule has 0 radical (unpaired) electrons. The van der Waals surface area contributed by atoms with Crippen molar-refractivity contribution in [3.8, 4) is 5.75 Å². The second kappa shape index (κ2) is 5.77. The molecule has 0 spiro atoms. The maximum absolute atomic E-state index is 12.3.